The zero-order chi connectivity index (χ0) is 16.2. The molecule has 0 saturated carbocycles. The summed E-state index contributed by atoms with van der Waals surface area (Å²) >= 11 is 6.17. The number of aromatic nitrogens is 3. The first-order valence-electron chi connectivity index (χ1n) is 7.42. The molecule has 0 aliphatic rings. The van der Waals surface area contributed by atoms with Crippen LogP contribution in [-0.2, 0) is 13.0 Å². The molecule has 3 rings (SSSR count). The molecule has 2 aromatic heterocycles. The summed E-state index contributed by atoms with van der Waals surface area (Å²) in [5.74, 6) is 0. The molecule has 0 spiro atoms. The van der Waals surface area contributed by atoms with Gasteiger partial charge in [-0.15, -0.1) is 0 Å². The number of benzene rings is 1. The minimum absolute atomic E-state index is 0.0281. The predicted molar refractivity (Wildman–Crippen MR) is 91.6 cm³/mol. The van der Waals surface area contributed by atoms with Gasteiger partial charge in [0.2, 0.25) is 0 Å². The molecule has 0 radical (unpaired) electrons. The van der Waals surface area contributed by atoms with Crippen molar-refractivity contribution < 1.29 is 0 Å². The molecule has 118 valence electrons. The fraction of sp³-hybridized carbons (Fsp3) is 0.235. The van der Waals surface area contributed by atoms with Crippen LogP contribution >= 0.6 is 11.6 Å². The lowest BCUT2D eigenvalue weighted by Crippen LogP contribution is -2.28. The molecular formula is C17H17ClN4O. The SMILES string of the molecule is CC(Cc1cnccn1)NCc1cc(=O)c2cccc(Cl)c2[nH]1. The smallest absolute Gasteiger partial charge is 0.189 e. The standard InChI is InChI=1S/C17H17ClN4O/c1-11(7-12-9-19-5-6-20-12)21-10-13-8-16(23)14-3-2-4-15(18)17(14)22-13/h2-6,8-9,11,21H,7,10H2,1H3,(H,22,23). The Labute approximate surface area is 138 Å². The van der Waals surface area contributed by atoms with Gasteiger partial charge in [-0.25, -0.2) is 0 Å². The van der Waals surface area contributed by atoms with Gasteiger partial charge in [0.1, 0.15) is 0 Å². The van der Waals surface area contributed by atoms with E-state index in [4.69, 9.17) is 11.6 Å². The molecule has 3 aromatic rings. The van der Waals surface area contributed by atoms with Crippen LogP contribution < -0.4 is 10.7 Å². The Kier molecular flexibility index (Phi) is 4.69. The van der Waals surface area contributed by atoms with E-state index in [1.165, 1.54) is 0 Å². The van der Waals surface area contributed by atoms with E-state index in [0.717, 1.165) is 17.8 Å². The lowest BCUT2D eigenvalue weighted by atomic mass is 10.1. The zero-order valence-electron chi connectivity index (χ0n) is 12.7. The van der Waals surface area contributed by atoms with Gasteiger partial charge in [-0.2, -0.15) is 0 Å². The first-order valence-corrected chi connectivity index (χ1v) is 7.80. The van der Waals surface area contributed by atoms with E-state index in [2.05, 4.69) is 27.2 Å². The Morgan fingerprint density at radius 3 is 3.00 bits per heavy atom. The largest absolute Gasteiger partial charge is 0.356 e. The molecule has 6 heteroatoms. The summed E-state index contributed by atoms with van der Waals surface area (Å²) in [6.07, 6.45) is 5.87. The maximum absolute atomic E-state index is 12.2. The highest BCUT2D eigenvalue weighted by molar-refractivity contribution is 6.35. The van der Waals surface area contributed by atoms with Gasteiger partial charge in [-0.1, -0.05) is 17.7 Å². The molecule has 23 heavy (non-hydrogen) atoms. The molecule has 2 N–H and O–H groups in total. The predicted octanol–water partition coefficient (Wildman–Crippen LogP) is 2.69. The lowest BCUT2D eigenvalue weighted by molar-refractivity contribution is 0.535. The number of halogens is 1. The van der Waals surface area contributed by atoms with Crippen LogP contribution in [-0.4, -0.2) is 21.0 Å². The minimum atomic E-state index is -0.0281. The molecule has 0 aliphatic carbocycles. The van der Waals surface area contributed by atoms with E-state index in [1.807, 2.05) is 0 Å². The van der Waals surface area contributed by atoms with Crippen LogP contribution in [0.4, 0.5) is 0 Å². The summed E-state index contributed by atoms with van der Waals surface area (Å²) < 4.78 is 0. The molecule has 0 fully saturated rings. The molecule has 0 bridgehead atoms. The zero-order valence-corrected chi connectivity index (χ0v) is 13.5. The van der Waals surface area contributed by atoms with Crippen LogP contribution in [0.3, 0.4) is 0 Å². The second kappa shape index (κ2) is 6.89. The third kappa shape index (κ3) is 3.75. The molecule has 0 amide bonds. The van der Waals surface area contributed by atoms with E-state index in [-0.39, 0.29) is 11.5 Å². The number of para-hydroxylation sites is 1. The number of hydrogen-bond acceptors (Lipinski definition) is 4. The highest BCUT2D eigenvalue weighted by atomic mass is 35.5. The first-order chi connectivity index (χ1) is 11.1. The minimum Gasteiger partial charge on any atom is -0.356 e. The van der Waals surface area contributed by atoms with Crippen molar-refractivity contribution in [1.29, 1.82) is 0 Å². The molecule has 1 atom stereocenters. The van der Waals surface area contributed by atoms with Crippen molar-refractivity contribution in [1.82, 2.24) is 20.3 Å². The Bertz CT molecular complexity index is 863. The van der Waals surface area contributed by atoms with E-state index in [1.54, 1.807) is 42.9 Å². The third-order valence-electron chi connectivity index (χ3n) is 3.64. The van der Waals surface area contributed by atoms with Crippen molar-refractivity contribution in [2.45, 2.75) is 25.9 Å². The first kappa shape index (κ1) is 15.6. The Balaban J connectivity index is 1.72. The van der Waals surface area contributed by atoms with Gasteiger partial charge in [-0.05, 0) is 19.1 Å². The third-order valence-corrected chi connectivity index (χ3v) is 3.96. The van der Waals surface area contributed by atoms with Gasteiger partial charge in [0.25, 0.3) is 0 Å². The average Bonchev–Trinajstić information content (AvgIpc) is 2.55. The number of aromatic amines is 1. The Morgan fingerprint density at radius 1 is 1.35 bits per heavy atom. The van der Waals surface area contributed by atoms with Crippen LogP contribution in [0.1, 0.15) is 18.3 Å². The maximum Gasteiger partial charge on any atom is 0.189 e. The summed E-state index contributed by atoms with van der Waals surface area (Å²) in [5, 5.41) is 4.53. The topological polar surface area (TPSA) is 70.7 Å². The summed E-state index contributed by atoms with van der Waals surface area (Å²) in [5.41, 5.74) is 2.39. The average molecular weight is 329 g/mol. The molecule has 1 unspecified atom stereocenters. The lowest BCUT2D eigenvalue weighted by Gasteiger charge is -2.13. The fourth-order valence-corrected chi connectivity index (χ4v) is 2.71. The normalized spacial score (nSPS) is 12.4. The van der Waals surface area contributed by atoms with Crippen molar-refractivity contribution in [3.8, 4) is 0 Å². The van der Waals surface area contributed by atoms with Crippen molar-refractivity contribution in [2.24, 2.45) is 0 Å². The number of pyridine rings is 1. The highest BCUT2D eigenvalue weighted by Gasteiger charge is 2.08. The quantitative estimate of drug-likeness (QED) is 0.755. The second-order valence-electron chi connectivity index (χ2n) is 5.50. The Morgan fingerprint density at radius 2 is 2.22 bits per heavy atom. The number of H-pyrrole nitrogens is 1. The second-order valence-corrected chi connectivity index (χ2v) is 5.91. The fourth-order valence-electron chi connectivity index (χ4n) is 2.49. The van der Waals surface area contributed by atoms with Crippen molar-refractivity contribution in [3.05, 3.63) is 69.5 Å². The summed E-state index contributed by atoms with van der Waals surface area (Å²) in [4.78, 5) is 23.7. The summed E-state index contributed by atoms with van der Waals surface area (Å²) in [6.45, 7) is 2.62. The van der Waals surface area contributed by atoms with Crippen LogP contribution in [0.2, 0.25) is 5.02 Å². The van der Waals surface area contributed by atoms with Crippen LogP contribution in [0.25, 0.3) is 10.9 Å². The van der Waals surface area contributed by atoms with Gasteiger partial charge in [-0.3, -0.25) is 14.8 Å². The van der Waals surface area contributed by atoms with Crippen molar-refractivity contribution >= 4 is 22.5 Å². The summed E-state index contributed by atoms with van der Waals surface area (Å²) in [6, 6.07) is 7.14. The van der Waals surface area contributed by atoms with Crippen molar-refractivity contribution in [3.63, 3.8) is 0 Å². The number of nitrogens with zero attached hydrogens (tertiary/aromatic N) is 2. The van der Waals surface area contributed by atoms with Crippen molar-refractivity contribution in [2.75, 3.05) is 0 Å². The number of hydrogen-bond donors (Lipinski definition) is 2. The Hall–Kier alpha value is -2.24. The van der Waals surface area contributed by atoms with Gasteiger partial charge in [0.15, 0.2) is 5.43 Å². The molecule has 0 saturated heterocycles. The van der Waals surface area contributed by atoms with Crippen LogP contribution in [0.15, 0.2) is 47.7 Å². The van der Waals surface area contributed by atoms with Crippen LogP contribution in [0, 0.1) is 0 Å². The van der Waals surface area contributed by atoms with E-state index < -0.39 is 0 Å². The molecule has 0 aliphatic heterocycles. The molecule has 5 nitrogen and oxygen atoms in total. The van der Waals surface area contributed by atoms with Gasteiger partial charge >= 0.3 is 0 Å². The number of fused-ring (bicyclic) bond motifs is 1. The summed E-state index contributed by atoms with van der Waals surface area (Å²) in [7, 11) is 0. The van der Waals surface area contributed by atoms with Crippen LogP contribution in [0.5, 0.6) is 0 Å². The molecule has 2 heterocycles. The molecular weight excluding hydrogens is 312 g/mol. The van der Waals surface area contributed by atoms with E-state index >= 15 is 0 Å². The maximum atomic E-state index is 12.2. The monoisotopic (exact) mass is 328 g/mol. The van der Waals surface area contributed by atoms with E-state index in [9.17, 15) is 4.79 Å². The van der Waals surface area contributed by atoms with E-state index in [0.29, 0.717) is 22.5 Å². The van der Waals surface area contributed by atoms with Gasteiger partial charge in [0.05, 0.1) is 16.2 Å². The number of rotatable bonds is 5. The molecule has 1 aromatic carbocycles. The van der Waals surface area contributed by atoms with Gasteiger partial charge in [0, 0.05) is 54.7 Å². The highest BCUT2D eigenvalue weighted by Crippen LogP contribution is 2.18. The van der Waals surface area contributed by atoms with Gasteiger partial charge < -0.3 is 10.3 Å². The number of nitrogens with one attached hydrogen (secondary N) is 2.